The Morgan fingerprint density at radius 3 is 2.24 bits per heavy atom. The summed E-state index contributed by atoms with van der Waals surface area (Å²) in [4.78, 5) is 47.5. The van der Waals surface area contributed by atoms with Crippen molar-refractivity contribution in [2.75, 3.05) is 27.6 Å². The highest BCUT2D eigenvalue weighted by Crippen LogP contribution is 2.45. The maximum atomic E-state index is 12.2. The minimum absolute atomic E-state index is 0.0334. The van der Waals surface area contributed by atoms with Crippen LogP contribution in [-0.4, -0.2) is 69.9 Å². The van der Waals surface area contributed by atoms with Gasteiger partial charge in [0.25, 0.3) is 0 Å². The molecular weight excluding hydrogens is 454 g/mol. The van der Waals surface area contributed by atoms with E-state index in [0.717, 1.165) is 0 Å². The highest BCUT2D eigenvalue weighted by atomic mass is 16.7. The van der Waals surface area contributed by atoms with E-state index < -0.39 is 48.2 Å². The lowest BCUT2D eigenvalue weighted by atomic mass is 9.83. The second-order valence-electron chi connectivity index (χ2n) is 7.42. The maximum Gasteiger partial charge on any atom is 0.407 e. The maximum absolute atomic E-state index is 12.2. The predicted molar refractivity (Wildman–Crippen MR) is 115 cm³/mol. The van der Waals surface area contributed by atoms with Crippen molar-refractivity contribution < 1.29 is 52.3 Å². The number of alkyl carbamates (subject to hydrolysis) is 1. The Balaban J connectivity index is 2.67. The molecule has 1 amide bonds. The molecule has 0 saturated carbocycles. The van der Waals surface area contributed by atoms with Gasteiger partial charge in [-0.2, -0.15) is 0 Å². The van der Waals surface area contributed by atoms with Crippen LogP contribution in [0.2, 0.25) is 0 Å². The minimum atomic E-state index is -1.12. The van der Waals surface area contributed by atoms with Crippen molar-refractivity contribution in [1.29, 1.82) is 0 Å². The number of fused-ring (bicyclic) bond motifs is 1. The number of rotatable bonds is 10. The largest absolute Gasteiger partial charge is 0.493 e. The second kappa shape index (κ2) is 12.0. The van der Waals surface area contributed by atoms with Crippen molar-refractivity contribution in [2.24, 2.45) is 0 Å². The van der Waals surface area contributed by atoms with E-state index in [9.17, 15) is 19.2 Å². The molecular formula is C22H29NO11. The zero-order valence-electron chi connectivity index (χ0n) is 19.9. The molecule has 0 fully saturated rings. The van der Waals surface area contributed by atoms with Crippen LogP contribution in [-0.2, 0) is 33.3 Å². The van der Waals surface area contributed by atoms with Gasteiger partial charge in [-0.3, -0.25) is 14.4 Å². The Bertz CT molecular complexity index is 916. The van der Waals surface area contributed by atoms with Crippen LogP contribution in [0, 0.1) is 0 Å². The summed E-state index contributed by atoms with van der Waals surface area (Å²) in [6.45, 7) is 4.80. The SMILES string of the molecule is COC(=O)N[C@@H](COC(C)=O)[C@@H](c1cc(OC)c2c(c1)OCO2)[C@@H](OC(C)=O)[C@@H](C)OC(C)=O. The fraction of sp³-hybridized carbons (Fsp3) is 0.545. The Hall–Kier alpha value is -3.70. The lowest BCUT2D eigenvalue weighted by Gasteiger charge is -2.36. The summed E-state index contributed by atoms with van der Waals surface area (Å²) in [7, 11) is 2.60. The number of benzene rings is 1. The second-order valence-corrected chi connectivity index (χ2v) is 7.42. The molecule has 1 N–H and O–H groups in total. The Morgan fingerprint density at radius 2 is 1.68 bits per heavy atom. The number of hydrogen-bond donors (Lipinski definition) is 1. The molecule has 4 atom stereocenters. The first kappa shape index (κ1) is 26.6. The molecule has 2 rings (SSSR count). The van der Waals surface area contributed by atoms with E-state index >= 15 is 0 Å². The molecule has 0 aliphatic carbocycles. The Morgan fingerprint density at radius 1 is 1.00 bits per heavy atom. The van der Waals surface area contributed by atoms with Gasteiger partial charge in [0.15, 0.2) is 11.5 Å². The molecule has 0 saturated heterocycles. The van der Waals surface area contributed by atoms with Crippen molar-refractivity contribution in [3.63, 3.8) is 0 Å². The monoisotopic (exact) mass is 483 g/mol. The van der Waals surface area contributed by atoms with Crippen molar-refractivity contribution in [1.82, 2.24) is 5.32 Å². The molecule has 12 heteroatoms. The summed E-state index contributed by atoms with van der Waals surface area (Å²) >= 11 is 0. The molecule has 0 spiro atoms. The van der Waals surface area contributed by atoms with Gasteiger partial charge < -0.3 is 38.5 Å². The molecule has 1 heterocycles. The fourth-order valence-electron chi connectivity index (χ4n) is 3.63. The molecule has 12 nitrogen and oxygen atoms in total. The predicted octanol–water partition coefficient (Wildman–Crippen LogP) is 1.68. The molecule has 1 aromatic carbocycles. The van der Waals surface area contributed by atoms with Gasteiger partial charge >= 0.3 is 24.0 Å². The van der Waals surface area contributed by atoms with Gasteiger partial charge in [-0.1, -0.05) is 0 Å². The normalized spacial score (nSPS) is 15.2. The van der Waals surface area contributed by atoms with Gasteiger partial charge in [-0.15, -0.1) is 0 Å². The summed E-state index contributed by atoms with van der Waals surface area (Å²) in [6, 6.07) is 2.24. The number of methoxy groups -OCH3 is 2. The smallest absolute Gasteiger partial charge is 0.407 e. The van der Waals surface area contributed by atoms with Crippen LogP contribution < -0.4 is 19.5 Å². The molecule has 0 unspecified atom stereocenters. The van der Waals surface area contributed by atoms with Crippen LogP contribution in [0.25, 0.3) is 0 Å². The molecule has 0 bridgehead atoms. The molecule has 0 aromatic heterocycles. The van der Waals surface area contributed by atoms with Crippen molar-refractivity contribution in [3.05, 3.63) is 17.7 Å². The highest BCUT2D eigenvalue weighted by Gasteiger charge is 2.41. The molecule has 1 aliphatic heterocycles. The number of hydrogen-bond acceptors (Lipinski definition) is 11. The fourth-order valence-corrected chi connectivity index (χ4v) is 3.63. The topological polar surface area (TPSA) is 145 Å². The van der Waals surface area contributed by atoms with Gasteiger partial charge in [-0.05, 0) is 24.6 Å². The van der Waals surface area contributed by atoms with E-state index in [0.29, 0.717) is 22.8 Å². The number of carbonyl (C=O) groups is 4. The Kier molecular flexibility index (Phi) is 9.34. The third-order valence-corrected chi connectivity index (χ3v) is 4.92. The van der Waals surface area contributed by atoms with Crippen LogP contribution in [0.3, 0.4) is 0 Å². The average Bonchev–Trinajstić information content (AvgIpc) is 3.24. The van der Waals surface area contributed by atoms with E-state index in [1.165, 1.54) is 41.9 Å². The first-order valence-corrected chi connectivity index (χ1v) is 10.4. The summed E-state index contributed by atoms with van der Waals surface area (Å²) < 4.78 is 37.1. The first-order valence-electron chi connectivity index (χ1n) is 10.4. The number of carbonyl (C=O) groups excluding carboxylic acids is 4. The van der Waals surface area contributed by atoms with E-state index in [-0.39, 0.29) is 13.4 Å². The lowest BCUT2D eigenvalue weighted by molar-refractivity contribution is -0.167. The molecule has 1 aromatic rings. The van der Waals surface area contributed by atoms with Crippen LogP contribution in [0.4, 0.5) is 4.79 Å². The number of ether oxygens (including phenoxy) is 7. The van der Waals surface area contributed by atoms with Crippen LogP contribution >= 0.6 is 0 Å². The summed E-state index contributed by atoms with van der Waals surface area (Å²) in [5.74, 6) is -1.74. The van der Waals surface area contributed by atoms with E-state index in [1.54, 1.807) is 12.1 Å². The Labute approximate surface area is 196 Å². The zero-order chi connectivity index (χ0) is 25.4. The van der Waals surface area contributed by atoms with Gasteiger partial charge in [0.1, 0.15) is 18.8 Å². The standard InChI is InChI=1S/C22H29NO11/c1-11(33-13(3)25)20(34-14(4)26)19(16(9-30-12(2)24)23-22(27)29-6)15-7-17(28-5)21-18(8-15)31-10-32-21/h7-8,11,16,19-20H,9-10H2,1-6H3,(H,23,27)/t11-,16+,19-,20+/m1/s1. The van der Waals surface area contributed by atoms with E-state index in [1.807, 2.05) is 0 Å². The third-order valence-electron chi connectivity index (χ3n) is 4.92. The van der Waals surface area contributed by atoms with Crippen LogP contribution in [0.1, 0.15) is 39.2 Å². The van der Waals surface area contributed by atoms with Crippen LogP contribution in [0.5, 0.6) is 17.2 Å². The van der Waals surface area contributed by atoms with Crippen molar-refractivity contribution in [2.45, 2.75) is 51.9 Å². The summed E-state index contributed by atoms with van der Waals surface area (Å²) in [5, 5.41) is 2.60. The van der Waals surface area contributed by atoms with Gasteiger partial charge in [0, 0.05) is 26.7 Å². The van der Waals surface area contributed by atoms with Crippen LogP contribution in [0.15, 0.2) is 12.1 Å². The third kappa shape index (κ3) is 6.90. The zero-order valence-corrected chi connectivity index (χ0v) is 19.9. The van der Waals surface area contributed by atoms with E-state index in [4.69, 9.17) is 33.2 Å². The van der Waals surface area contributed by atoms with Crippen molar-refractivity contribution in [3.8, 4) is 17.2 Å². The summed E-state index contributed by atoms with van der Waals surface area (Å²) in [6.07, 6.45) is -2.90. The van der Waals surface area contributed by atoms with Gasteiger partial charge in [0.2, 0.25) is 12.5 Å². The summed E-state index contributed by atoms with van der Waals surface area (Å²) in [5.41, 5.74) is 0.458. The molecule has 34 heavy (non-hydrogen) atoms. The molecule has 188 valence electrons. The number of amides is 1. The van der Waals surface area contributed by atoms with Crippen molar-refractivity contribution >= 4 is 24.0 Å². The average molecular weight is 483 g/mol. The number of esters is 3. The number of nitrogens with one attached hydrogen (secondary N) is 1. The van der Waals surface area contributed by atoms with E-state index in [2.05, 4.69) is 5.32 Å². The first-order chi connectivity index (χ1) is 16.1. The minimum Gasteiger partial charge on any atom is -0.493 e. The molecule has 0 radical (unpaired) electrons. The highest BCUT2D eigenvalue weighted by molar-refractivity contribution is 5.69. The quantitative estimate of drug-likeness (QED) is 0.383. The van der Waals surface area contributed by atoms with Gasteiger partial charge in [-0.25, -0.2) is 4.79 Å². The molecule has 1 aliphatic rings. The lowest BCUT2D eigenvalue weighted by Crippen LogP contribution is -2.50. The van der Waals surface area contributed by atoms with Gasteiger partial charge in [0.05, 0.1) is 20.3 Å².